The summed E-state index contributed by atoms with van der Waals surface area (Å²) < 4.78 is 0. The van der Waals surface area contributed by atoms with Gasteiger partial charge in [-0.1, -0.05) is 42.3 Å². The number of anilines is 1. The first-order chi connectivity index (χ1) is 10.6. The Morgan fingerprint density at radius 3 is 2.23 bits per heavy atom. The van der Waals surface area contributed by atoms with E-state index >= 15 is 0 Å². The van der Waals surface area contributed by atoms with Gasteiger partial charge in [0.1, 0.15) is 0 Å². The second-order valence-corrected chi connectivity index (χ2v) is 6.23. The minimum absolute atomic E-state index is 0.658. The fourth-order valence-corrected chi connectivity index (χ4v) is 3.00. The Labute approximate surface area is 134 Å². The van der Waals surface area contributed by atoms with Gasteiger partial charge in [0.05, 0.1) is 5.41 Å². The molecule has 0 spiro atoms. The van der Waals surface area contributed by atoms with Gasteiger partial charge in [-0.05, 0) is 48.2 Å². The molecule has 0 aromatic heterocycles. The van der Waals surface area contributed by atoms with Crippen LogP contribution < -0.4 is 5.32 Å². The second kappa shape index (κ2) is 6.01. The maximum absolute atomic E-state index is 11.5. The first-order valence-corrected chi connectivity index (χ1v) is 7.80. The van der Waals surface area contributed by atoms with Crippen LogP contribution in [0.5, 0.6) is 0 Å². The van der Waals surface area contributed by atoms with Crippen molar-refractivity contribution in [1.29, 1.82) is 0 Å². The van der Waals surface area contributed by atoms with Crippen LogP contribution in [0.15, 0.2) is 48.5 Å². The van der Waals surface area contributed by atoms with Gasteiger partial charge in [-0.25, -0.2) is 0 Å². The van der Waals surface area contributed by atoms with E-state index in [9.17, 15) is 9.90 Å². The molecule has 3 rings (SSSR count). The molecule has 2 aromatic carbocycles. The van der Waals surface area contributed by atoms with Crippen LogP contribution in [0.1, 0.15) is 30.4 Å². The summed E-state index contributed by atoms with van der Waals surface area (Å²) in [6, 6.07) is 15.5. The van der Waals surface area contributed by atoms with Crippen LogP contribution in [0.2, 0.25) is 5.02 Å². The van der Waals surface area contributed by atoms with Gasteiger partial charge >= 0.3 is 5.97 Å². The van der Waals surface area contributed by atoms with Gasteiger partial charge in [0, 0.05) is 17.3 Å². The summed E-state index contributed by atoms with van der Waals surface area (Å²) in [6.45, 7) is 0.709. The molecule has 22 heavy (non-hydrogen) atoms. The van der Waals surface area contributed by atoms with Crippen molar-refractivity contribution in [2.24, 2.45) is 0 Å². The number of carboxylic acids is 1. The molecule has 4 heteroatoms. The van der Waals surface area contributed by atoms with E-state index in [2.05, 4.69) is 5.32 Å². The number of rotatable bonds is 5. The van der Waals surface area contributed by atoms with E-state index in [0.717, 1.165) is 41.1 Å². The van der Waals surface area contributed by atoms with Crippen molar-refractivity contribution in [2.75, 3.05) is 5.32 Å². The molecule has 114 valence electrons. The van der Waals surface area contributed by atoms with Gasteiger partial charge in [-0.2, -0.15) is 0 Å². The molecule has 1 fully saturated rings. The molecule has 0 atom stereocenters. The fraction of sp³-hybridized carbons (Fsp3) is 0.278. The summed E-state index contributed by atoms with van der Waals surface area (Å²) in [7, 11) is 0. The Kier molecular flexibility index (Phi) is 4.08. The molecule has 0 amide bonds. The summed E-state index contributed by atoms with van der Waals surface area (Å²) in [5.74, 6) is -0.708. The first-order valence-electron chi connectivity index (χ1n) is 7.42. The molecule has 0 aliphatic heterocycles. The van der Waals surface area contributed by atoms with E-state index in [1.54, 1.807) is 0 Å². The number of aliphatic carboxylic acids is 1. The van der Waals surface area contributed by atoms with Crippen LogP contribution in [-0.2, 0) is 16.8 Å². The van der Waals surface area contributed by atoms with Crippen LogP contribution in [0, 0.1) is 0 Å². The highest BCUT2D eigenvalue weighted by Crippen LogP contribution is 2.44. The number of hydrogen-bond donors (Lipinski definition) is 2. The molecular weight excluding hydrogens is 298 g/mol. The summed E-state index contributed by atoms with van der Waals surface area (Å²) in [5, 5.41) is 13.5. The topological polar surface area (TPSA) is 49.3 Å². The van der Waals surface area contributed by atoms with Crippen LogP contribution in [0.4, 0.5) is 5.69 Å². The summed E-state index contributed by atoms with van der Waals surface area (Å²) in [6.07, 6.45) is 2.46. The highest BCUT2D eigenvalue weighted by Gasteiger charge is 2.45. The molecular formula is C18H18ClNO2. The Bertz CT molecular complexity index is 660. The van der Waals surface area contributed by atoms with Crippen LogP contribution >= 0.6 is 11.6 Å². The third-order valence-electron chi connectivity index (χ3n) is 4.46. The number of nitrogens with one attached hydrogen (secondary N) is 1. The largest absolute Gasteiger partial charge is 0.481 e. The standard InChI is InChI=1S/C18H18ClNO2/c19-15-6-2-13(3-7-15)12-20-16-8-4-14(5-9-16)18(17(21)22)10-1-11-18/h2-9,20H,1,10-12H2,(H,21,22). The van der Waals surface area contributed by atoms with E-state index in [1.165, 1.54) is 0 Å². The molecule has 0 heterocycles. The van der Waals surface area contributed by atoms with Gasteiger partial charge in [-0.3, -0.25) is 4.79 Å². The smallest absolute Gasteiger partial charge is 0.314 e. The number of carboxylic acid groups (broad SMARTS) is 1. The Morgan fingerprint density at radius 1 is 1.09 bits per heavy atom. The number of halogens is 1. The van der Waals surface area contributed by atoms with Gasteiger partial charge < -0.3 is 10.4 Å². The van der Waals surface area contributed by atoms with Crippen molar-refractivity contribution in [3.05, 3.63) is 64.7 Å². The molecule has 1 aliphatic carbocycles. The SMILES string of the molecule is O=C(O)C1(c2ccc(NCc3ccc(Cl)cc3)cc2)CCC1. The van der Waals surface area contributed by atoms with Gasteiger partial charge in [-0.15, -0.1) is 0 Å². The quantitative estimate of drug-likeness (QED) is 0.856. The van der Waals surface area contributed by atoms with Crippen molar-refractivity contribution in [3.8, 4) is 0 Å². The van der Waals surface area contributed by atoms with Crippen molar-refractivity contribution in [3.63, 3.8) is 0 Å². The summed E-state index contributed by atoms with van der Waals surface area (Å²) in [5.41, 5.74) is 2.38. The lowest BCUT2D eigenvalue weighted by Crippen LogP contribution is -2.42. The lowest BCUT2D eigenvalue weighted by atomic mass is 9.64. The minimum Gasteiger partial charge on any atom is -0.481 e. The molecule has 2 N–H and O–H groups in total. The third kappa shape index (κ3) is 2.81. The Hall–Kier alpha value is -2.00. The molecule has 0 unspecified atom stereocenters. The van der Waals surface area contributed by atoms with E-state index < -0.39 is 11.4 Å². The number of carbonyl (C=O) groups is 1. The van der Waals surface area contributed by atoms with Gasteiger partial charge in [0.15, 0.2) is 0 Å². The highest BCUT2D eigenvalue weighted by atomic mass is 35.5. The predicted octanol–water partition coefficient (Wildman–Crippen LogP) is 4.46. The zero-order valence-corrected chi connectivity index (χ0v) is 12.9. The Balaban J connectivity index is 1.67. The lowest BCUT2D eigenvalue weighted by Gasteiger charge is -2.38. The van der Waals surface area contributed by atoms with Crippen molar-refractivity contribution in [1.82, 2.24) is 0 Å². The maximum atomic E-state index is 11.5. The number of hydrogen-bond acceptors (Lipinski definition) is 2. The van der Waals surface area contributed by atoms with E-state index in [4.69, 9.17) is 11.6 Å². The average Bonchev–Trinajstić information content (AvgIpc) is 2.46. The molecule has 3 nitrogen and oxygen atoms in total. The monoisotopic (exact) mass is 315 g/mol. The lowest BCUT2D eigenvalue weighted by molar-refractivity contribution is -0.147. The van der Waals surface area contributed by atoms with Crippen molar-refractivity contribution >= 4 is 23.3 Å². The number of benzene rings is 2. The third-order valence-corrected chi connectivity index (χ3v) is 4.72. The first kappa shape index (κ1) is 14.9. The zero-order chi connectivity index (χ0) is 15.6. The summed E-state index contributed by atoms with van der Waals surface area (Å²) in [4.78, 5) is 11.5. The Morgan fingerprint density at radius 2 is 1.73 bits per heavy atom. The normalized spacial score (nSPS) is 15.9. The predicted molar refractivity (Wildman–Crippen MR) is 88.4 cm³/mol. The molecule has 1 aliphatic rings. The van der Waals surface area contributed by atoms with Gasteiger partial charge in [0.25, 0.3) is 0 Å². The van der Waals surface area contributed by atoms with Crippen molar-refractivity contribution < 1.29 is 9.90 Å². The van der Waals surface area contributed by atoms with Crippen molar-refractivity contribution in [2.45, 2.75) is 31.2 Å². The highest BCUT2D eigenvalue weighted by molar-refractivity contribution is 6.30. The average molecular weight is 316 g/mol. The van der Waals surface area contributed by atoms with E-state index in [-0.39, 0.29) is 0 Å². The molecule has 0 radical (unpaired) electrons. The van der Waals surface area contributed by atoms with Gasteiger partial charge in [0.2, 0.25) is 0 Å². The van der Waals surface area contributed by atoms with Crippen LogP contribution in [0.25, 0.3) is 0 Å². The zero-order valence-electron chi connectivity index (χ0n) is 12.2. The van der Waals surface area contributed by atoms with E-state index in [1.807, 2.05) is 48.5 Å². The molecule has 0 bridgehead atoms. The summed E-state index contributed by atoms with van der Waals surface area (Å²) >= 11 is 5.87. The van der Waals surface area contributed by atoms with E-state index in [0.29, 0.717) is 6.54 Å². The molecule has 2 aromatic rings. The van der Waals surface area contributed by atoms with Crippen LogP contribution in [-0.4, -0.2) is 11.1 Å². The second-order valence-electron chi connectivity index (χ2n) is 5.80. The molecule has 1 saturated carbocycles. The minimum atomic E-state index is -0.708. The maximum Gasteiger partial charge on any atom is 0.314 e. The fourth-order valence-electron chi connectivity index (χ4n) is 2.87. The van der Waals surface area contributed by atoms with Crippen LogP contribution in [0.3, 0.4) is 0 Å². The molecule has 0 saturated heterocycles.